The highest BCUT2D eigenvalue weighted by atomic mass is 35.5. The summed E-state index contributed by atoms with van der Waals surface area (Å²) in [5.74, 6) is -0.653. The van der Waals surface area contributed by atoms with Gasteiger partial charge in [0.15, 0.2) is 0 Å². The first-order chi connectivity index (χ1) is 7.47. The van der Waals surface area contributed by atoms with Crippen LogP contribution < -0.4 is 0 Å². The Labute approximate surface area is 97.1 Å². The molecule has 0 bridgehead atoms. The van der Waals surface area contributed by atoms with Gasteiger partial charge in [-0.15, -0.1) is 0 Å². The Morgan fingerprint density at radius 3 is 2.69 bits per heavy atom. The predicted octanol–water partition coefficient (Wildman–Crippen LogP) is 2.73. The molecule has 86 valence electrons. The fourth-order valence-electron chi connectivity index (χ4n) is 1.21. The number of nitro benzene ring substituents is 1. The number of non-ortho nitro benzene ring substituents is 1. The second-order valence-electron chi connectivity index (χ2n) is 3.10. The van der Waals surface area contributed by atoms with Crippen LogP contribution in [-0.4, -0.2) is 17.5 Å². The van der Waals surface area contributed by atoms with Crippen molar-refractivity contribution in [2.45, 2.75) is 13.8 Å². The van der Waals surface area contributed by atoms with E-state index in [4.69, 9.17) is 16.3 Å². The van der Waals surface area contributed by atoms with E-state index in [-0.39, 0.29) is 22.9 Å². The summed E-state index contributed by atoms with van der Waals surface area (Å²) in [5, 5.41) is 10.8. The Morgan fingerprint density at radius 1 is 1.56 bits per heavy atom. The molecule has 0 atom stereocenters. The average molecular weight is 244 g/mol. The average Bonchev–Trinajstić information content (AvgIpc) is 2.21. The van der Waals surface area contributed by atoms with Crippen LogP contribution in [0.25, 0.3) is 0 Å². The van der Waals surface area contributed by atoms with Crippen molar-refractivity contribution in [1.29, 1.82) is 0 Å². The first-order valence-corrected chi connectivity index (χ1v) is 4.96. The summed E-state index contributed by atoms with van der Waals surface area (Å²) < 4.78 is 4.75. The third-order valence-corrected chi connectivity index (χ3v) is 2.45. The van der Waals surface area contributed by atoms with Crippen molar-refractivity contribution in [3.05, 3.63) is 38.4 Å². The molecule has 0 aliphatic heterocycles. The molecule has 0 aliphatic carbocycles. The molecule has 0 saturated heterocycles. The van der Waals surface area contributed by atoms with Gasteiger partial charge in [-0.25, -0.2) is 4.79 Å². The number of carbonyl (C=O) groups is 1. The number of nitro groups is 1. The molecule has 16 heavy (non-hydrogen) atoms. The van der Waals surface area contributed by atoms with Crippen molar-refractivity contribution < 1.29 is 14.5 Å². The number of carbonyl (C=O) groups excluding carboxylic acids is 1. The summed E-state index contributed by atoms with van der Waals surface area (Å²) >= 11 is 5.88. The number of hydrogen-bond donors (Lipinski definition) is 0. The summed E-state index contributed by atoms with van der Waals surface area (Å²) in [4.78, 5) is 21.5. The Hall–Kier alpha value is -1.62. The van der Waals surface area contributed by atoms with E-state index in [9.17, 15) is 14.9 Å². The number of hydrogen-bond acceptors (Lipinski definition) is 4. The Morgan fingerprint density at radius 2 is 2.19 bits per heavy atom. The zero-order valence-corrected chi connectivity index (χ0v) is 9.58. The van der Waals surface area contributed by atoms with Gasteiger partial charge in [-0.2, -0.15) is 0 Å². The first-order valence-electron chi connectivity index (χ1n) is 4.59. The molecule has 0 heterocycles. The molecule has 1 rings (SSSR count). The van der Waals surface area contributed by atoms with E-state index >= 15 is 0 Å². The fraction of sp³-hybridized carbons (Fsp3) is 0.300. The molecule has 0 aromatic heterocycles. The van der Waals surface area contributed by atoms with Crippen LogP contribution >= 0.6 is 11.6 Å². The molecule has 0 radical (unpaired) electrons. The second kappa shape index (κ2) is 4.94. The topological polar surface area (TPSA) is 69.4 Å². The molecule has 5 nitrogen and oxygen atoms in total. The zero-order valence-electron chi connectivity index (χ0n) is 8.82. The number of rotatable bonds is 3. The van der Waals surface area contributed by atoms with Gasteiger partial charge in [-0.05, 0) is 19.4 Å². The lowest BCUT2D eigenvalue weighted by molar-refractivity contribution is -0.384. The maximum absolute atomic E-state index is 11.5. The number of nitrogens with zero attached hydrogens (tertiary/aromatic N) is 1. The minimum absolute atomic E-state index is 0.0233. The minimum atomic E-state index is -0.653. The second-order valence-corrected chi connectivity index (χ2v) is 3.48. The molecule has 0 fully saturated rings. The standard InChI is InChI=1S/C10H10ClNO4/c1-3-16-10(13)8-5-7(12(14)15)4-6(2)9(8)11/h4-5H,3H2,1-2H3. The maximum atomic E-state index is 11.5. The van der Waals surface area contributed by atoms with Crippen molar-refractivity contribution in [3.8, 4) is 0 Å². The van der Waals surface area contributed by atoms with Crippen LogP contribution in [0, 0.1) is 17.0 Å². The quantitative estimate of drug-likeness (QED) is 0.465. The molecule has 0 N–H and O–H groups in total. The summed E-state index contributed by atoms with van der Waals surface area (Å²) in [6, 6.07) is 2.43. The number of ether oxygens (including phenoxy) is 1. The molecule has 6 heteroatoms. The molecule has 1 aromatic rings. The van der Waals surface area contributed by atoms with Crippen LogP contribution in [0.15, 0.2) is 12.1 Å². The smallest absolute Gasteiger partial charge is 0.339 e. The molecular formula is C10H10ClNO4. The van der Waals surface area contributed by atoms with E-state index in [0.29, 0.717) is 5.56 Å². The summed E-state index contributed by atoms with van der Waals surface area (Å²) in [6.45, 7) is 3.44. The van der Waals surface area contributed by atoms with Gasteiger partial charge in [0.25, 0.3) is 5.69 Å². The van der Waals surface area contributed by atoms with E-state index < -0.39 is 10.9 Å². The molecule has 1 aromatic carbocycles. The highest BCUT2D eigenvalue weighted by Gasteiger charge is 2.19. The summed E-state index contributed by atoms with van der Waals surface area (Å²) in [7, 11) is 0. The first kappa shape index (κ1) is 12.4. The monoisotopic (exact) mass is 243 g/mol. The van der Waals surface area contributed by atoms with E-state index in [1.807, 2.05) is 0 Å². The van der Waals surface area contributed by atoms with Crippen LogP contribution in [-0.2, 0) is 4.74 Å². The van der Waals surface area contributed by atoms with E-state index in [1.54, 1.807) is 13.8 Å². The molecule has 0 amide bonds. The van der Waals surface area contributed by atoms with E-state index in [1.165, 1.54) is 6.07 Å². The van der Waals surface area contributed by atoms with Crippen molar-refractivity contribution >= 4 is 23.3 Å². The van der Waals surface area contributed by atoms with E-state index in [0.717, 1.165) is 6.07 Å². The Kier molecular flexibility index (Phi) is 3.84. The Balaban J connectivity index is 3.26. The fourth-order valence-corrected chi connectivity index (χ4v) is 1.40. The largest absolute Gasteiger partial charge is 0.462 e. The molecule has 0 unspecified atom stereocenters. The highest BCUT2D eigenvalue weighted by molar-refractivity contribution is 6.34. The van der Waals surface area contributed by atoms with Gasteiger partial charge >= 0.3 is 5.97 Å². The van der Waals surface area contributed by atoms with Gasteiger partial charge < -0.3 is 4.74 Å². The van der Waals surface area contributed by atoms with Crippen LogP contribution in [0.5, 0.6) is 0 Å². The van der Waals surface area contributed by atoms with Gasteiger partial charge in [0.2, 0.25) is 0 Å². The number of esters is 1. The van der Waals surface area contributed by atoms with Crippen LogP contribution in [0.1, 0.15) is 22.8 Å². The van der Waals surface area contributed by atoms with Gasteiger partial charge in [0.05, 0.1) is 22.1 Å². The van der Waals surface area contributed by atoms with Gasteiger partial charge in [0, 0.05) is 12.1 Å². The maximum Gasteiger partial charge on any atom is 0.339 e. The summed E-state index contributed by atoms with van der Waals surface area (Å²) in [6.07, 6.45) is 0. The van der Waals surface area contributed by atoms with Gasteiger partial charge in [0.1, 0.15) is 0 Å². The number of aryl methyl sites for hydroxylation is 1. The number of benzene rings is 1. The summed E-state index contributed by atoms with van der Waals surface area (Å²) in [5.41, 5.74) is 0.319. The van der Waals surface area contributed by atoms with E-state index in [2.05, 4.69) is 0 Å². The molecule has 0 aliphatic rings. The number of halogens is 1. The lowest BCUT2D eigenvalue weighted by Gasteiger charge is -2.06. The normalized spacial score (nSPS) is 9.94. The van der Waals surface area contributed by atoms with Crippen LogP contribution in [0.3, 0.4) is 0 Å². The van der Waals surface area contributed by atoms with Gasteiger partial charge in [-0.3, -0.25) is 10.1 Å². The Bertz CT molecular complexity index is 445. The lowest BCUT2D eigenvalue weighted by Crippen LogP contribution is -2.07. The minimum Gasteiger partial charge on any atom is -0.462 e. The van der Waals surface area contributed by atoms with Gasteiger partial charge in [-0.1, -0.05) is 11.6 Å². The third-order valence-electron chi connectivity index (χ3n) is 1.95. The van der Waals surface area contributed by atoms with Crippen LogP contribution in [0.2, 0.25) is 5.02 Å². The third kappa shape index (κ3) is 2.49. The SMILES string of the molecule is CCOC(=O)c1cc([N+](=O)[O-])cc(C)c1Cl. The van der Waals surface area contributed by atoms with Crippen molar-refractivity contribution in [2.24, 2.45) is 0 Å². The van der Waals surface area contributed by atoms with Crippen molar-refractivity contribution in [3.63, 3.8) is 0 Å². The molecule has 0 saturated carbocycles. The van der Waals surface area contributed by atoms with Crippen molar-refractivity contribution in [1.82, 2.24) is 0 Å². The lowest BCUT2D eigenvalue weighted by atomic mass is 10.1. The van der Waals surface area contributed by atoms with Crippen LogP contribution in [0.4, 0.5) is 5.69 Å². The zero-order chi connectivity index (χ0) is 12.3. The van der Waals surface area contributed by atoms with Crippen molar-refractivity contribution in [2.75, 3.05) is 6.61 Å². The highest BCUT2D eigenvalue weighted by Crippen LogP contribution is 2.27. The predicted molar refractivity (Wildman–Crippen MR) is 58.8 cm³/mol. The molecule has 0 spiro atoms. The molecular weight excluding hydrogens is 234 g/mol.